The third kappa shape index (κ3) is 2.22. The fraction of sp³-hybridized carbons (Fsp3) is 0.133. The normalized spacial score (nSPS) is 13.2. The van der Waals surface area contributed by atoms with Gasteiger partial charge in [0, 0.05) is 0 Å². The summed E-state index contributed by atoms with van der Waals surface area (Å²) in [7, 11) is 0.544. The molecule has 20 heavy (non-hydrogen) atoms. The lowest BCUT2D eigenvalue weighted by molar-refractivity contribution is 0.0601. The number of hydrogen-bond acceptors (Lipinski definition) is 4. The molecule has 0 saturated heterocycles. The zero-order valence-electron chi connectivity index (χ0n) is 11.0. The van der Waals surface area contributed by atoms with Gasteiger partial charge in [-0.2, -0.15) is 0 Å². The van der Waals surface area contributed by atoms with E-state index in [9.17, 15) is 9.82 Å². The highest BCUT2D eigenvalue weighted by Crippen LogP contribution is 2.22. The maximum absolute atomic E-state index is 11.4. The molecule has 3 rings (SSSR count). The molecule has 2 aromatic rings. The molecular weight excluding hydrogens is 255 g/mol. The van der Waals surface area contributed by atoms with Gasteiger partial charge in [0.1, 0.15) is 0 Å². The minimum absolute atomic E-state index is 0.345. The molecule has 0 amide bonds. The molecule has 2 aromatic carbocycles. The first kappa shape index (κ1) is 12.9. The maximum atomic E-state index is 11.4. The standard InChI is InChI=1S/C15H13BO4/c1-19-15(17)11-4-2-10(3-5-11)12-6-7-14-13(8-12)9-20-16(14)18/h2-8,18H,9H2,1H3. The Labute approximate surface area is 117 Å². The number of benzene rings is 2. The number of methoxy groups -OCH3 is 1. The van der Waals surface area contributed by atoms with Crippen molar-refractivity contribution in [3.63, 3.8) is 0 Å². The highest BCUT2D eigenvalue weighted by Gasteiger charge is 2.27. The Hall–Kier alpha value is -2.11. The summed E-state index contributed by atoms with van der Waals surface area (Å²) in [5.41, 5.74) is 4.36. The SMILES string of the molecule is COC(=O)c1ccc(-c2ccc3c(c2)COB3O)cc1. The van der Waals surface area contributed by atoms with Crippen molar-refractivity contribution in [2.75, 3.05) is 7.11 Å². The molecule has 4 nitrogen and oxygen atoms in total. The molecule has 0 saturated carbocycles. The average Bonchev–Trinajstić information content (AvgIpc) is 2.87. The van der Waals surface area contributed by atoms with Gasteiger partial charge in [-0.3, -0.25) is 0 Å². The van der Waals surface area contributed by atoms with E-state index in [0.717, 1.165) is 22.2 Å². The fourth-order valence-corrected chi connectivity index (χ4v) is 2.33. The second-order valence-electron chi connectivity index (χ2n) is 4.65. The van der Waals surface area contributed by atoms with Crippen LogP contribution in [-0.4, -0.2) is 25.2 Å². The highest BCUT2D eigenvalue weighted by molar-refractivity contribution is 6.61. The summed E-state index contributed by atoms with van der Waals surface area (Å²) in [5, 5.41) is 9.59. The number of carbonyl (C=O) groups excluding carboxylic acids is 1. The summed E-state index contributed by atoms with van der Waals surface area (Å²) in [6.07, 6.45) is 0. The Bertz CT molecular complexity index is 651. The van der Waals surface area contributed by atoms with Gasteiger partial charge in [-0.25, -0.2) is 4.79 Å². The fourth-order valence-electron chi connectivity index (χ4n) is 2.33. The minimum atomic E-state index is -0.819. The summed E-state index contributed by atoms with van der Waals surface area (Å²) >= 11 is 0. The van der Waals surface area contributed by atoms with E-state index in [4.69, 9.17) is 4.65 Å². The van der Waals surface area contributed by atoms with Crippen molar-refractivity contribution in [2.45, 2.75) is 6.61 Å². The number of rotatable bonds is 2. The Morgan fingerprint density at radius 3 is 2.60 bits per heavy atom. The molecule has 0 spiro atoms. The monoisotopic (exact) mass is 268 g/mol. The van der Waals surface area contributed by atoms with Gasteiger partial charge >= 0.3 is 13.1 Å². The van der Waals surface area contributed by atoms with Gasteiger partial charge < -0.3 is 14.4 Å². The first-order valence-corrected chi connectivity index (χ1v) is 6.30. The van der Waals surface area contributed by atoms with Gasteiger partial charge in [0.2, 0.25) is 0 Å². The molecule has 100 valence electrons. The van der Waals surface area contributed by atoms with E-state index >= 15 is 0 Å². The quantitative estimate of drug-likeness (QED) is 0.660. The third-order valence-electron chi connectivity index (χ3n) is 3.45. The van der Waals surface area contributed by atoms with Crippen molar-refractivity contribution in [2.24, 2.45) is 0 Å². The largest absolute Gasteiger partial charge is 0.491 e. The lowest BCUT2D eigenvalue weighted by Crippen LogP contribution is -2.27. The van der Waals surface area contributed by atoms with E-state index < -0.39 is 7.12 Å². The van der Waals surface area contributed by atoms with Crippen molar-refractivity contribution in [1.29, 1.82) is 0 Å². The number of carbonyl (C=O) groups is 1. The molecule has 1 N–H and O–H groups in total. The van der Waals surface area contributed by atoms with Crippen LogP contribution in [0.2, 0.25) is 0 Å². The van der Waals surface area contributed by atoms with Crippen LogP contribution >= 0.6 is 0 Å². The zero-order valence-corrected chi connectivity index (χ0v) is 11.0. The first-order chi connectivity index (χ1) is 9.69. The van der Waals surface area contributed by atoms with Crippen molar-refractivity contribution in [1.82, 2.24) is 0 Å². The van der Waals surface area contributed by atoms with E-state index in [1.807, 2.05) is 30.3 Å². The molecular formula is C15H13BO4. The molecule has 0 atom stereocenters. The smallest absolute Gasteiger partial charge is 0.465 e. The van der Waals surface area contributed by atoms with E-state index in [2.05, 4.69) is 4.74 Å². The van der Waals surface area contributed by atoms with Crippen molar-refractivity contribution in [3.8, 4) is 11.1 Å². The van der Waals surface area contributed by atoms with Crippen LogP contribution in [0.4, 0.5) is 0 Å². The van der Waals surface area contributed by atoms with Crippen molar-refractivity contribution in [3.05, 3.63) is 53.6 Å². The second-order valence-corrected chi connectivity index (χ2v) is 4.65. The molecule has 0 unspecified atom stereocenters. The molecule has 0 radical (unpaired) electrons. The third-order valence-corrected chi connectivity index (χ3v) is 3.45. The van der Waals surface area contributed by atoms with Gasteiger partial charge in [-0.05, 0) is 40.4 Å². The predicted molar refractivity (Wildman–Crippen MR) is 75.6 cm³/mol. The molecule has 0 bridgehead atoms. The lowest BCUT2D eigenvalue weighted by Gasteiger charge is -2.06. The van der Waals surface area contributed by atoms with Crippen LogP contribution in [0.25, 0.3) is 11.1 Å². The van der Waals surface area contributed by atoms with E-state index in [-0.39, 0.29) is 5.97 Å². The summed E-state index contributed by atoms with van der Waals surface area (Å²) in [6, 6.07) is 13.0. The van der Waals surface area contributed by atoms with E-state index in [0.29, 0.717) is 12.2 Å². The van der Waals surface area contributed by atoms with E-state index in [1.54, 1.807) is 12.1 Å². The Kier molecular flexibility index (Phi) is 3.30. The molecule has 0 aliphatic carbocycles. The van der Waals surface area contributed by atoms with Crippen molar-refractivity contribution >= 4 is 18.6 Å². The first-order valence-electron chi connectivity index (χ1n) is 6.30. The number of ether oxygens (including phenoxy) is 1. The predicted octanol–water partition coefficient (Wildman–Crippen LogP) is 1.36. The molecule has 1 aliphatic rings. The van der Waals surface area contributed by atoms with Gasteiger partial charge in [0.15, 0.2) is 0 Å². The van der Waals surface area contributed by atoms with Crippen LogP contribution in [0.1, 0.15) is 15.9 Å². The average molecular weight is 268 g/mol. The van der Waals surface area contributed by atoms with Gasteiger partial charge in [0.05, 0.1) is 19.3 Å². The summed E-state index contributed by atoms with van der Waals surface area (Å²) in [4.78, 5) is 11.4. The maximum Gasteiger partial charge on any atom is 0.491 e. The Morgan fingerprint density at radius 1 is 1.20 bits per heavy atom. The minimum Gasteiger partial charge on any atom is -0.465 e. The Morgan fingerprint density at radius 2 is 1.90 bits per heavy atom. The van der Waals surface area contributed by atoms with Gasteiger partial charge in [0.25, 0.3) is 0 Å². The van der Waals surface area contributed by atoms with Crippen LogP contribution in [0.3, 0.4) is 0 Å². The van der Waals surface area contributed by atoms with Crippen LogP contribution < -0.4 is 5.46 Å². The van der Waals surface area contributed by atoms with Crippen molar-refractivity contribution < 1.29 is 19.2 Å². The molecule has 0 aromatic heterocycles. The lowest BCUT2D eigenvalue weighted by atomic mass is 9.79. The second kappa shape index (κ2) is 5.11. The molecule has 0 fully saturated rings. The number of fused-ring (bicyclic) bond motifs is 1. The topological polar surface area (TPSA) is 55.8 Å². The molecule has 1 aliphatic heterocycles. The van der Waals surface area contributed by atoms with Crippen LogP contribution in [0, 0.1) is 0 Å². The van der Waals surface area contributed by atoms with E-state index in [1.165, 1.54) is 7.11 Å². The summed E-state index contributed by atoms with van der Waals surface area (Å²) in [6.45, 7) is 0.421. The Balaban J connectivity index is 1.92. The number of hydrogen-bond donors (Lipinski definition) is 1. The van der Waals surface area contributed by atoms with Crippen LogP contribution in [0.15, 0.2) is 42.5 Å². The van der Waals surface area contributed by atoms with Gasteiger partial charge in [-0.1, -0.05) is 24.3 Å². The summed E-state index contributed by atoms with van der Waals surface area (Å²) in [5.74, 6) is -0.345. The zero-order chi connectivity index (χ0) is 14.1. The van der Waals surface area contributed by atoms with Gasteiger partial charge in [-0.15, -0.1) is 0 Å². The number of esters is 1. The van der Waals surface area contributed by atoms with Crippen LogP contribution in [-0.2, 0) is 16.0 Å². The molecule has 5 heteroatoms. The van der Waals surface area contributed by atoms with Crippen LogP contribution in [0.5, 0.6) is 0 Å². The summed E-state index contributed by atoms with van der Waals surface area (Å²) < 4.78 is 9.84. The highest BCUT2D eigenvalue weighted by atomic mass is 16.5. The molecule has 1 heterocycles.